The number of nitrogens with zero attached hydrogens (tertiary/aromatic N) is 3. The lowest BCUT2D eigenvalue weighted by atomic mass is 9.95. The maximum absolute atomic E-state index is 14.2. The molecule has 1 aromatic rings. The van der Waals surface area contributed by atoms with E-state index >= 15 is 0 Å². The molecule has 148 valence electrons. The van der Waals surface area contributed by atoms with Gasteiger partial charge in [-0.2, -0.15) is 0 Å². The summed E-state index contributed by atoms with van der Waals surface area (Å²) in [6.45, 7) is 7.85. The Morgan fingerprint density at radius 3 is 2.67 bits per heavy atom. The fraction of sp³-hybridized carbons (Fsp3) is 0.571. The number of hydrogen-bond donors (Lipinski definition) is 1. The Hall–Kier alpha value is -1.15. The van der Waals surface area contributed by atoms with Gasteiger partial charge in [-0.15, -0.1) is 24.0 Å². The van der Waals surface area contributed by atoms with Crippen molar-refractivity contribution in [3.63, 3.8) is 0 Å². The number of benzene rings is 1. The summed E-state index contributed by atoms with van der Waals surface area (Å²) in [6.07, 6.45) is 7.75. The molecule has 1 aromatic carbocycles. The van der Waals surface area contributed by atoms with Crippen molar-refractivity contribution in [1.29, 1.82) is 0 Å². The standard InChI is InChI=1S/C21H29FN4.HI/c1-2-23-20(26-14-9-17(15-26)25-12-5-6-13-25)24-16-21(10-11-21)18-7-3-4-8-19(18)22;/h3-8,17H,2,9-16H2,1H3,(H,23,24);1H. The Morgan fingerprint density at radius 2 is 2.00 bits per heavy atom. The second-order valence-corrected chi connectivity index (χ2v) is 7.74. The third-order valence-electron chi connectivity index (χ3n) is 5.99. The molecule has 0 spiro atoms. The molecule has 1 aliphatic carbocycles. The molecule has 27 heavy (non-hydrogen) atoms. The van der Waals surface area contributed by atoms with Gasteiger partial charge in [-0.3, -0.25) is 9.89 Å². The smallest absolute Gasteiger partial charge is 0.193 e. The van der Waals surface area contributed by atoms with E-state index in [9.17, 15) is 4.39 Å². The van der Waals surface area contributed by atoms with Gasteiger partial charge in [-0.05, 0) is 37.8 Å². The van der Waals surface area contributed by atoms with Gasteiger partial charge in [0.25, 0.3) is 0 Å². The van der Waals surface area contributed by atoms with Crippen LogP contribution in [0.15, 0.2) is 41.4 Å². The molecule has 1 saturated carbocycles. The Bertz CT molecular complexity index is 693. The molecule has 2 aliphatic heterocycles. The van der Waals surface area contributed by atoms with Crippen molar-refractivity contribution in [2.45, 2.75) is 37.6 Å². The zero-order valence-electron chi connectivity index (χ0n) is 16.0. The van der Waals surface area contributed by atoms with Crippen molar-refractivity contribution in [1.82, 2.24) is 15.1 Å². The van der Waals surface area contributed by atoms with Crippen molar-refractivity contribution in [2.75, 3.05) is 39.3 Å². The summed E-state index contributed by atoms with van der Waals surface area (Å²) < 4.78 is 14.2. The second kappa shape index (κ2) is 8.90. The molecule has 0 aromatic heterocycles. The van der Waals surface area contributed by atoms with Crippen LogP contribution in [0.3, 0.4) is 0 Å². The highest BCUT2D eigenvalue weighted by Crippen LogP contribution is 2.49. The first kappa shape index (κ1) is 20.6. The fourth-order valence-corrected chi connectivity index (χ4v) is 4.23. The number of halogens is 2. The van der Waals surface area contributed by atoms with Crippen LogP contribution in [-0.2, 0) is 5.41 Å². The summed E-state index contributed by atoms with van der Waals surface area (Å²) in [5.74, 6) is 0.901. The summed E-state index contributed by atoms with van der Waals surface area (Å²) in [5.41, 5.74) is 0.742. The predicted octanol–water partition coefficient (Wildman–Crippen LogP) is 3.39. The van der Waals surface area contributed by atoms with E-state index < -0.39 is 0 Å². The Balaban J connectivity index is 0.00000210. The molecule has 1 N–H and O–H groups in total. The first-order valence-electron chi connectivity index (χ1n) is 9.89. The third-order valence-corrected chi connectivity index (χ3v) is 5.99. The van der Waals surface area contributed by atoms with Gasteiger partial charge < -0.3 is 10.2 Å². The molecule has 1 atom stereocenters. The van der Waals surface area contributed by atoms with Gasteiger partial charge in [0.15, 0.2) is 5.96 Å². The molecule has 4 rings (SSSR count). The SMILES string of the molecule is CCNC(=NCC1(c2ccccc2F)CC1)N1CCC(N2CC=CC2)C1.I. The van der Waals surface area contributed by atoms with E-state index in [1.807, 2.05) is 12.1 Å². The number of hydrogen-bond acceptors (Lipinski definition) is 2. The molecular formula is C21H30FIN4. The van der Waals surface area contributed by atoms with E-state index in [1.165, 1.54) is 6.42 Å². The largest absolute Gasteiger partial charge is 0.357 e. The normalized spacial score (nSPS) is 24.1. The number of nitrogens with one attached hydrogen (secondary N) is 1. The summed E-state index contributed by atoms with van der Waals surface area (Å²) >= 11 is 0. The summed E-state index contributed by atoms with van der Waals surface area (Å²) in [7, 11) is 0. The number of aliphatic imine (C=N–C) groups is 1. The highest BCUT2D eigenvalue weighted by molar-refractivity contribution is 14.0. The Labute approximate surface area is 178 Å². The molecule has 0 bridgehead atoms. The second-order valence-electron chi connectivity index (χ2n) is 7.74. The van der Waals surface area contributed by atoms with Crippen LogP contribution in [0.4, 0.5) is 4.39 Å². The lowest BCUT2D eigenvalue weighted by Gasteiger charge is -2.26. The predicted molar refractivity (Wildman–Crippen MR) is 119 cm³/mol. The van der Waals surface area contributed by atoms with Crippen molar-refractivity contribution < 1.29 is 4.39 Å². The molecule has 1 unspecified atom stereocenters. The monoisotopic (exact) mass is 484 g/mol. The van der Waals surface area contributed by atoms with Gasteiger partial charge in [0.05, 0.1) is 6.54 Å². The molecule has 1 saturated heterocycles. The minimum absolute atomic E-state index is 0. The zero-order valence-corrected chi connectivity index (χ0v) is 18.4. The van der Waals surface area contributed by atoms with Gasteiger partial charge in [-0.1, -0.05) is 30.4 Å². The van der Waals surface area contributed by atoms with Crippen LogP contribution in [-0.4, -0.2) is 61.1 Å². The van der Waals surface area contributed by atoms with Crippen molar-refractivity contribution in [3.05, 3.63) is 47.8 Å². The van der Waals surface area contributed by atoms with Gasteiger partial charge in [0.2, 0.25) is 0 Å². The minimum atomic E-state index is -0.0932. The molecule has 0 amide bonds. The van der Waals surface area contributed by atoms with Crippen LogP contribution in [0, 0.1) is 5.82 Å². The molecule has 6 heteroatoms. The van der Waals surface area contributed by atoms with E-state index in [4.69, 9.17) is 4.99 Å². The van der Waals surface area contributed by atoms with E-state index in [-0.39, 0.29) is 35.2 Å². The lowest BCUT2D eigenvalue weighted by molar-refractivity contribution is 0.259. The van der Waals surface area contributed by atoms with Gasteiger partial charge >= 0.3 is 0 Å². The summed E-state index contributed by atoms with van der Waals surface area (Å²) in [5, 5.41) is 3.45. The number of rotatable bonds is 5. The van der Waals surface area contributed by atoms with Crippen LogP contribution in [0.25, 0.3) is 0 Å². The Morgan fingerprint density at radius 1 is 1.26 bits per heavy atom. The van der Waals surface area contributed by atoms with Gasteiger partial charge in [0, 0.05) is 44.2 Å². The maximum Gasteiger partial charge on any atom is 0.193 e. The van der Waals surface area contributed by atoms with Crippen molar-refractivity contribution >= 4 is 29.9 Å². The third kappa shape index (κ3) is 4.47. The topological polar surface area (TPSA) is 30.9 Å². The lowest BCUT2D eigenvalue weighted by Crippen LogP contribution is -2.43. The zero-order chi connectivity index (χ0) is 18.0. The highest BCUT2D eigenvalue weighted by Gasteiger charge is 2.46. The number of likely N-dealkylation sites (tertiary alicyclic amines) is 1. The Kier molecular flexibility index (Phi) is 6.78. The van der Waals surface area contributed by atoms with Crippen LogP contribution in [0.5, 0.6) is 0 Å². The van der Waals surface area contributed by atoms with Crippen LogP contribution >= 0.6 is 24.0 Å². The first-order valence-corrected chi connectivity index (χ1v) is 9.89. The minimum Gasteiger partial charge on any atom is -0.357 e. The molecule has 3 aliphatic rings. The molecule has 2 heterocycles. The van der Waals surface area contributed by atoms with Crippen molar-refractivity contribution in [2.24, 2.45) is 4.99 Å². The van der Waals surface area contributed by atoms with Crippen LogP contribution in [0.1, 0.15) is 31.7 Å². The summed E-state index contributed by atoms with van der Waals surface area (Å²) in [6, 6.07) is 7.80. The van der Waals surface area contributed by atoms with Crippen LogP contribution in [0.2, 0.25) is 0 Å². The molecule has 0 radical (unpaired) electrons. The molecule has 2 fully saturated rings. The van der Waals surface area contributed by atoms with Gasteiger partial charge in [0.1, 0.15) is 5.82 Å². The van der Waals surface area contributed by atoms with E-state index in [2.05, 4.69) is 34.2 Å². The van der Waals surface area contributed by atoms with E-state index in [0.717, 1.165) is 57.1 Å². The molecular weight excluding hydrogens is 454 g/mol. The molecule has 4 nitrogen and oxygen atoms in total. The van der Waals surface area contributed by atoms with Crippen molar-refractivity contribution in [3.8, 4) is 0 Å². The average Bonchev–Trinajstić information content (AvgIpc) is 3.05. The fourth-order valence-electron chi connectivity index (χ4n) is 4.23. The highest BCUT2D eigenvalue weighted by atomic mass is 127. The van der Waals surface area contributed by atoms with E-state index in [0.29, 0.717) is 12.6 Å². The van der Waals surface area contributed by atoms with E-state index in [1.54, 1.807) is 12.1 Å². The van der Waals surface area contributed by atoms with Gasteiger partial charge in [-0.25, -0.2) is 4.39 Å². The number of guanidine groups is 1. The summed E-state index contributed by atoms with van der Waals surface area (Å²) in [4.78, 5) is 9.85. The first-order chi connectivity index (χ1) is 12.7. The quantitative estimate of drug-likeness (QED) is 0.301. The van der Waals surface area contributed by atoms with Crippen LogP contribution < -0.4 is 5.32 Å². The maximum atomic E-state index is 14.2. The average molecular weight is 484 g/mol.